The minimum atomic E-state index is -1.25. The largest absolute Gasteiger partial charge is 0.480 e. The van der Waals surface area contributed by atoms with Gasteiger partial charge in [0.25, 0.3) is 0 Å². The number of aromatic amines is 1. The summed E-state index contributed by atoms with van der Waals surface area (Å²) in [6, 6.07) is 3.45. The number of nitrogens with one attached hydrogen (secondary N) is 5. The molecule has 1 saturated heterocycles. The maximum Gasteiger partial charge on any atom is 0.325 e. The Morgan fingerprint density at radius 1 is 1.09 bits per heavy atom. The predicted octanol–water partition coefficient (Wildman–Crippen LogP) is -0.986. The number of carboxylic acids is 1. The molecule has 4 atom stereocenters. The highest BCUT2D eigenvalue weighted by atomic mass is 16.4. The standard InChI is InChI=1S/C22H29N5O6/c1-12(22(32)33)25-20(30)17(9-13-10-24-15-6-3-2-5-14(13)15)26-21(31)18(11-28)27-19(29)16-7-4-8-23-16/h2-3,5-6,10,12,16-18,23-24,28H,4,7-9,11H2,1H3,(H,25,30)(H,26,31)(H,27,29)(H,32,33). The first-order valence-electron chi connectivity index (χ1n) is 10.8. The Morgan fingerprint density at radius 3 is 2.48 bits per heavy atom. The molecule has 3 rings (SSSR count). The SMILES string of the molecule is CC(NC(=O)C(Cc1c[nH]c2ccccc12)NC(=O)C(CO)NC(=O)C1CCCN1)C(=O)O. The molecule has 7 N–H and O–H groups in total. The first-order valence-corrected chi connectivity index (χ1v) is 10.8. The van der Waals surface area contributed by atoms with Crippen LogP contribution in [0.15, 0.2) is 30.5 Å². The highest BCUT2D eigenvalue weighted by molar-refractivity contribution is 5.95. The van der Waals surface area contributed by atoms with Gasteiger partial charge in [0.2, 0.25) is 17.7 Å². The topological polar surface area (TPSA) is 173 Å². The van der Waals surface area contributed by atoms with Gasteiger partial charge in [-0.15, -0.1) is 0 Å². The van der Waals surface area contributed by atoms with Crippen LogP contribution in [0.4, 0.5) is 0 Å². The molecule has 0 saturated carbocycles. The molecular weight excluding hydrogens is 430 g/mol. The van der Waals surface area contributed by atoms with Gasteiger partial charge < -0.3 is 36.5 Å². The molecule has 1 aliphatic heterocycles. The smallest absolute Gasteiger partial charge is 0.325 e. The summed E-state index contributed by atoms with van der Waals surface area (Å²) in [6.45, 7) is 1.36. The lowest BCUT2D eigenvalue weighted by Gasteiger charge is -2.23. The zero-order chi connectivity index (χ0) is 24.0. The highest BCUT2D eigenvalue weighted by Crippen LogP contribution is 2.19. The summed E-state index contributed by atoms with van der Waals surface area (Å²) in [6.07, 6.45) is 3.26. The normalized spacial score (nSPS) is 18.3. The molecule has 1 aliphatic rings. The van der Waals surface area contributed by atoms with Gasteiger partial charge in [-0.05, 0) is 37.9 Å². The van der Waals surface area contributed by atoms with Gasteiger partial charge in [0.05, 0.1) is 12.6 Å². The van der Waals surface area contributed by atoms with E-state index in [9.17, 15) is 24.3 Å². The van der Waals surface area contributed by atoms with E-state index in [-0.39, 0.29) is 6.42 Å². The van der Waals surface area contributed by atoms with E-state index in [2.05, 4.69) is 26.3 Å². The van der Waals surface area contributed by atoms with Crippen LogP contribution in [0.5, 0.6) is 0 Å². The van der Waals surface area contributed by atoms with Crippen molar-refractivity contribution in [3.05, 3.63) is 36.0 Å². The number of fused-ring (bicyclic) bond motifs is 1. The number of H-pyrrole nitrogens is 1. The summed E-state index contributed by atoms with van der Waals surface area (Å²) < 4.78 is 0. The van der Waals surface area contributed by atoms with E-state index >= 15 is 0 Å². The molecule has 1 aromatic carbocycles. The second kappa shape index (κ2) is 10.9. The Kier molecular flexibility index (Phi) is 8.01. The summed E-state index contributed by atoms with van der Waals surface area (Å²) in [5.74, 6) is -3.06. The van der Waals surface area contributed by atoms with E-state index in [4.69, 9.17) is 5.11 Å². The molecule has 178 valence electrons. The Hall–Kier alpha value is -3.44. The van der Waals surface area contributed by atoms with Crippen molar-refractivity contribution in [1.29, 1.82) is 0 Å². The molecule has 11 nitrogen and oxygen atoms in total. The number of amides is 3. The fourth-order valence-corrected chi connectivity index (χ4v) is 3.75. The summed E-state index contributed by atoms with van der Waals surface area (Å²) >= 11 is 0. The van der Waals surface area contributed by atoms with E-state index in [1.165, 1.54) is 6.92 Å². The van der Waals surface area contributed by atoms with E-state index in [0.29, 0.717) is 13.0 Å². The van der Waals surface area contributed by atoms with Gasteiger partial charge in [0, 0.05) is 23.5 Å². The number of para-hydroxylation sites is 1. The summed E-state index contributed by atoms with van der Waals surface area (Å²) in [5, 5.41) is 30.1. The van der Waals surface area contributed by atoms with Gasteiger partial charge in [0.15, 0.2) is 0 Å². The van der Waals surface area contributed by atoms with Gasteiger partial charge in [-0.25, -0.2) is 0 Å². The predicted molar refractivity (Wildman–Crippen MR) is 119 cm³/mol. The molecule has 11 heteroatoms. The number of hydrogen-bond donors (Lipinski definition) is 7. The van der Waals surface area contributed by atoms with E-state index in [1.54, 1.807) is 6.20 Å². The summed E-state index contributed by atoms with van der Waals surface area (Å²) in [4.78, 5) is 52.3. The van der Waals surface area contributed by atoms with Gasteiger partial charge >= 0.3 is 5.97 Å². The fourth-order valence-electron chi connectivity index (χ4n) is 3.75. The quantitative estimate of drug-likeness (QED) is 0.239. The third kappa shape index (κ3) is 6.08. The molecule has 1 aromatic heterocycles. The Bertz CT molecular complexity index is 1020. The molecule has 0 radical (unpaired) electrons. The number of aromatic nitrogens is 1. The van der Waals surface area contributed by atoms with Crippen LogP contribution in [0.2, 0.25) is 0 Å². The average molecular weight is 460 g/mol. The van der Waals surface area contributed by atoms with Crippen LogP contribution in [0.25, 0.3) is 10.9 Å². The second-order valence-electron chi connectivity index (χ2n) is 8.09. The molecule has 0 bridgehead atoms. The Morgan fingerprint density at radius 2 is 1.82 bits per heavy atom. The first-order chi connectivity index (χ1) is 15.8. The van der Waals surface area contributed by atoms with Crippen LogP contribution < -0.4 is 21.3 Å². The zero-order valence-corrected chi connectivity index (χ0v) is 18.3. The van der Waals surface area contributed by atoms with Crippen LogP contribution in [0, 0.1) is 0 Å². The van der Waals surface area contributed by atoms with Crippen molar-refractivity contribution >= 4 is 34.6 Å². The van der Waals surface area contributed by atoms with Crippen molar-refractivity contribution in [2.75, 3.05) is 13.2 Å². The van der Waals surface area contributed by atoms with Gasteiger partial charge in [0.1, 0.15) is 18.1 Å². The van der Waals surface area contributed by atoms with Crippen LogP contribution in [-0.4, -0.2) is 76.2 Å². The van der Waals surface area contributed by atoms with Gasteiger partial charge in [-0.3, -0.25) is 19.2 Å². The number of aliphatic hydroxyl groups is 1. The molecule has 2 aromatic rings. The zero-order valence-electron chi connectivity index (χ0n) is 18.3. The summed E-state index contributed by atoms with van der Waals surface area (Å²) in [5.41, 5.74) is 1.59. The molecule has 4 unspecified atom stereocenters. The van der Waals surface area contributed by atoms with Gasteiger partial charge in [-0.1, -0.05) is 18.2 Å². The third-order valence-corrected chi connectivity index (χ3v) is 5.65. The lowest BCUT2D eigenvalue weighted by molar-refractivity contribution is -0.141. The lowest BCUT2D eigenvalue weighted by Crippen LogP contribution is -2.58. The van der Waals surface area contributed by atoms with Crippen LogP contribution in [-0.2, 0) is 25.6 Å². The Balaban J connectivity index is 1.75. The number of carbonyl (C=O) groups excluding carboxylic acids is 3. The van der Waals surface area contributed by atoms with Gasteiger partial charge in [-0.2, -0.15) is 0 Å². The molecule has 0 spiro atoms. The fraction of sp³-hybridized carbons (Fsp3) is 0.455. The van der Waals surface area contributed by atoms with E-state index in [1.807, 2.05) is 24.3 Å². The minimum Gasteiger partial charge on any atom is -0.480 e. The van der Waals surface area contributed by atoms with Crippen LogP contribution in [0.3, 0.4) is 0 Å². The number of carbonyl (C=O) groups is 4. The summed E-state index contributed by atoms with van der Waals surface area (Å²) in [7, 11) is 0. The van der Waals surface area contributed by atoms with Crippen molar-refractivity contribution < 1.29 is 29.4 Å². The van der Waals surface area contributed by atoms with Crippen LogP contribution >= 0.6 is 0 Å². The van der Waals surface area contributed by atoms with Crippen molar-refractivity contribution in [3.8, 4) is 0 Å². The molecule has 1 fully saturated rings. The Labute approximate surface area is 190 Å². The van der Waals surface area contributed by atoms with E-state index < -0.39 is 54.5 Å². The number of aliphatic carboxylic acids is 1. The number of aliphatic hydroxyl groups excluding tert-OH is 1. The van der Waals surface area contributed by atoms with Crippen molar-refractivity contribution in [3.63, 3.8) is 0 Å². The van der Waals surface area contributed by atoms with E-state index in [0.717, 1.165) is 22.9 Å². The van der Waals surface area contributed by atoms with Crippen molar-refractivity contribution in [2.45, 2.75) is 50.4 Å². The second-order valence-corrected chi connectivity index (χ2v) is 8.09. The molecule has 2 heterocycles. The molecule has 0 aliphatic carbocycles. The maximum absolute atomic E-state index is 12.8. The molecular formula is C22H29N5O6. The minimum absolute atomic E-state index is 0.0736. The van der Waals surface area contributed by atoms with Crippen LogP contribution in [0.1, 0.15) is 25.3 Å². The van der Waals surface area contributed by atoms with Crippen molar-refractivity contribution in [2.24, 2.45) is 0 Å². The first kappa shape index (κ1) is 24.2. The third-order valence-electron chi connectivity index (χ3n) is 5.65. The van der Waals surface area contributed by atoms with Crippen molar-refractivity contribution in [1.82, 2.24) is 26.3 Å². The molecule has 3 amide bonds. The highest BCUT2D eigenvalue weighted by Gasteiger charge is 2.31. The molecule has 33 heavy (non-hydrogen) atoms. The number of carboxylic acid groups (broad SMARTS) is 1. The number of hydrogen-bond acceptors (Lipinski definition) is 6. The average Bonchev–Trinajstić information content (AvgIpc) is 3.47. The maximum atomic E-state index is 12.8. The number of benzene rings is 1. The number of rotatable bonds is 10. The monoisotopic (exact) mass is 459 g/mol. The lowest BCUT2D eigenvalue weighted by atomic mass is 10.0.